The minimum absolute atomic E-state index is 0.275. The van der Waals surface area contributed by atoms with Crippen molar-refractivity contribution in [3.8, 4) is 0 Å². The maximum absolute atomic E-state index is 11.3. The number of thiophene rings is 1. The topological polar surface area (TPSA) is 81.1 Å². The molecule has 0 spiro atoms. The van der Waals surface area contributed by atoms with Crippen molar-refractivity contribution >= 4 is 46.3 Å². The molecule has 0 saturated heterocycles. The van der Waals surface area contributed by atoms with Crippen LogP contribution in [-0.4, -0.2) is 5.91 Å². The van der Waals surface area contributed by atoms with Gasteiger partial charge in [-0.15, -0.1) is 23.1 Å². The lowest BCUT2D eigenvalue weighted by Crippen LogP contribution is -2.29. The number of hydrogen-bond acceptors (Lipinski definition) is 5. The van der Waals surface area contributed by atoms with Crippen LogP contribution < -0.4 is 17.0 Å². The van der Waals surface area contributed by atoms with Crippen LogP contribution in [0.15, 0.2) is 35.2 Å². The van der Waals surface area contributed by atoms with Crippen molar-refractivity contribution in [3.63, 3.8) is 0 Å². The maximum atomic E-state index is 11.3. The van der Waals surface area contributed by atoms with E-state index in [0.29, 0.717) is 15.6 Å². The average molecular weight is 314 g/mol. The summed E-state index contributed by atoms with van der Waals surface area (Å²) in [7, 11) is 0. The van der Waals surface area contributed by atoms with Crippen LogP contribution in [0.5, 0.6) is 0 Å². The van der Waals surface area contributed by atoms with E-state index in [1.165, 1.54) is 11.3 Å². The Morgan fingerprint density at radius 1 is 1.37 bits per heavy atom. The van der Waals surface area contributed by atoms with E-state index in [9.17, 15) is 4.79 Å². The number of nitrogens with one attached hydrogen (secondary N) is 1. The number of hydrogen-bond donors (Lipinski definition) is 3. The number of anilines is 1. The van der Waals surface area contributed by atoms with Crippen LogP contribution in [0.3, 0.4) is 0 Å². The number of carbonyl (C=O) groups excluding carboxylic acids is 1. The molecule has 4 nitrogen and oxygen atoms in total. The third kappa shape index (κ3) is 3.63. The fourth-order valence-electron chi connectivity index (χ4n) is 1.43. The summed E-state index contributed by atoms with van der Waals surface area (Å²) in [5.74, 6) is 5.54. The summed E-state index contributed by atoms with van der Waals surface area (Å²) >= 11 is 9.08. The van der Waals surface area contributed by atoms with E-state index in [2.05, 4.69) is 5.43 Å². The Morgan fingerprint density at radius 3 is 2.89 bits per heavy atom. The Bertz CT molecular complexity index is 600. The van der Waals surface area contributed by atoms with Crippen molar-refractivity contribution in [2.24, 2.45) is 5.84 Å². The standard InChI is InChI=1S/C12H12ClN3OS2/c13-9-3-1-7(14)5-11(9)18-6-8-2-4-10(19-8)12(17)16-15/h1-5H,6,14-15H2,(H,16,17). The summed E-state index contributed by atoms with van der Waals surface area (Å²) in [6.45, 7) is 0. The highest BCUT2D eigenvalue weighted by molar-refractivity contribution is 7.98. The van der Waals surface area contributed by atoms with E-state index in [1.807, 2.05) is 12.1 Å². The Labute approximate surface area is 124 Å². The van der Waals surface area contributed by atoms with Gasteiger partial charge >= 0.3 is 0 Å². The van der Waals surface area contributed by atoms with E-state index in [-0.39, 0.29) is 5.91 Å². The van der Waals surface area contributed by atoms with Crippen molar-refractivity contribution in [2.45, 2.75) is 10.6 Å². The summed E-state index contributed by atoms with van der Waals surface area (Å²) in [4.78, 5) is 13.9. The Balaban J connectivity index is 2.04. The van der Waals surface area contributed by atoms with Crippen LogP contribution in [0.2, 0.25) is 5.02 Å². The monoisotopic (exact) mass is 313 g/mol. The largest absolute Gasteiger partial charge is 0.399 e. The van der Waals surface area contributed by atoms with Gasteiger partial charge in [0.1, 0.15) is 0 Å². The number of rotatable bonds is 4. The Morgan fingerprint density at radius 2 is 2.16 bits per heavy atom. The molecule has 0 aliphatic heterocycles. The van der Waals surface area contributed by atoms with Gasteiger partial charge in [-0.1, -0.05) is 11.6 Å². The molecule has 0 atom stereocenters. The number of amides is 1. The Hall–Kier alpha value is -1.21. The van der Waals surface area contributed by atoms with Crippen LogP contribution in [0.25, 0.3) is 0 Å². The van der Waals surface area contributed by atoms with Gasteiger partial charge in [-0.25, -0.2) is 5.84 Å². The zero-order valence-electron chi connectivity index (χ0n) is 9.85. The molecule has 2 rings (SSSR count). The number of thioether (sulfide) groups is 1. The second-order valence-corrected chi connectivity index (χ2v) is 6.31. The third-order valence-corrected chi connectivity index (χ3v) is 5.15. The van der Waals surface area contributed by atoms with Crippen molar-refractivity contribution < 1.29 is 4.79 Å². The van der Waals surface area contributed by atoms with Crippen LogP contribution in [0.4, 0.5) is 5.69 Å². The van der Waals surface area contributed by atoms with Crippen LogP contribution in [-0.2, 0) is 5.75 Å². The predicted octanol–water partition coefficient (Wildman–Crippen LogP) is 2.88. The molecule has 0 aliphatic rings. The van der Waals surface area contributed by atoms with Gasteiger partial charge in [-0.3, -0.25) is 10.2 Å². The number of halogens is 1. The molecule has 0 radical (unpaired) electrons. The van der Waals surface area contributed by atoms with Crippen molar-refractivity contribution in [2.75, 3.05) is 5.73 Å². The minimum atomic E-state index is -0.275. The predicted molar refractivity (Wildman–Crippen MR) is 81.4 cm³/mol. The number of hydrazine groups is 1. The minimum Gasteiger partial charge on any atom is -0.399 e. The molecule has 1 aromatic heterocycles. The number of carbonyl (C=O) groups is 1. The van der Waals surface area contributed by atoms with Gasteiger partial charge < -0.3 is 5.73 Å². The molecule has 1 aromatic carbocycles. The molecule has 0 unspecified atom stereocenters. The maximum Gasteiger partial charge on any atom is 0.275 e. The van der Waals surface area contributed by atoms with E-state index in [1.54, 1.807) is 30.0 Å². The average Bonchev–Trinajstić information content (AvgIpc) is 2.88. The van der Waals surface area contributed by atoms with Gasteiger partial charge in [0, 0.05) is 21.2 Å². The van der Waals surface area contributed by atoms with Gasteiger partial charge in [0.2, 0.25) is 0 Å². The second-order valence-electron chi connectivity index (χ2n) is 3.72. The molecule has 0 bridgehead atoms. The zero-order chi connectivity index (χ0) is 13.8. The summed E-state index contributed by atoms with van der Waals surface area (Å²) in [5.41, 5.74) is 8.52. The molecule has 7 heteroatoms. The highest BCUT2D eigenvalue weighted by Crippen LogP contribution is 2.33. The van der Waals surface area contributed by atoms with Gasteiger partial charge in [0.15, 0.2) is 0 Å². The van der Waals surface area contributed by atoms with Crippen LogP contribution >= 0.6 is 34.7 Å². The quantitative estimate of drug-likeness (QED) is 0.266. The number of benzene rings is 1. The smallest absolute Gasteiger partial charge is 0.275 e. The summed E-state index contributed by atoms with van der Waals surface area (Å²) in [6, 6.07) is 9.04. The van der Waals surface area contributed by atoms with Gasteiger partial charge in [-0.05, 0) is 30.3 Å². The first kappa shape index (κ1) is 14.2. The lowest BCUT2D eigenvalue weighted by atomic mass is 10.3. The molecule has 19 heavy (non-hydrogen) atoms. The van der Waals surface area contributed by atoms with E-state index >= 15 is 0 Å². The van der Waals surface area contributed by atoms with E-state index < -0.39 is 0 Å². The van der Waals surface area contributed by atoms with E-state index in [4.69, 9.17) is 23.2 Å². The molecule has 100 valence electrons. The first-order chi connectivity index (χ1) is 9.10. The van der Waals surface area contributed by atoms with Crippen LogP contribution in [0, 0.1) is 0 Å². The summed E-state index contributed by atoms with van der Waals surface area (Å²) in [5, 5.41) is 0.677. The molecular formula is C12H12ClN3OS2. The van der Waals surface area contributed by atoms with Crippen molar-refractivity contribution in [3.05, 3.63) is 45.1 Å². The molecule has 1 amide bonds. The van der Waals surface area contributed by atoms with Gasteiger partial charge in [0.25, 0.3) is 5.91 Å². The van der Waals surface area contributed by atoms with Gasteiger partial charge in [-0.2, -0.15) is 0 Å². The number of nitrogen functional groups attached to an aromatic ring is 2. The first-order valence-corrected chi connectivity index (χ1v) is 7.55. The summed E-state index contributed by atoms with van der Waals surface area (Å²) in [6.07, 6.45) is 0. The van der Waals surface area contributed by atoms with Crippen molar-refractivity contribution in [1.29, 1.82) is 0 Å². The first-order valence-electron chi connectivity index (χ1n) is 5.37. The summed E-state index contributed by atoms with van der Waals surface area (Å²) < 4.78 is 0. The number of nitrogens with two attached hydrogens (primary N) is 2. The lowest BCUT2D eigenvalue weighted by molar-refractivity contribution is 0.0957. The molecule has 2 aromatic rings. The molecule has 0 saturated carbocycles. The third-order valence-electron chi connectivity index (χ3n) is 2.34. The Kier molecular flexibility index (Phi) is 4.71. The SMILES string of the molecule is NNC(=O)c1ccc(CSc2cc(N)ccc2Cl)s1. The molecule has 0 aliphatic carbocycles. The highest BCUT2D eigenvalue weighted by atomic mass is 35.5. The van der Waals surface area contributed by atoms with Crippen molar-refractivity contribution in [1.82, 2.24) is 5.43 Å². The lowest BCUT2D eigenvalue weighted by Gasteiger charge is -2.04. The normalized spacial score (nSPS) is 10.4. The molecule has 5 N–H and O–H groups in total. The highest BCUT2D eigenvalue weighted by Gasteiger charge is 2.08. The molecule has 1 heterocycles. The van der Waals surface area contributed by atoms with E-state index in [0.717, 1.165) is 15.5 Å². The van der Waals surface area contributed by atoms with Gasteiger partial charge in [0.05, 0.1) is 9.90 Å². The van der Waals surface area contributed by atoms with Crippen LogP contribution in [0.1, 0.15) is 14.5 Å². The fourth-order valence-corrected chi connectivity index (χ4v) is 3.65. The zero-order valence-corrected chi connectivity index (χ0v) is 12.2. The second kappa shape index (κ2) is 6.29. The fraction of sp³-hybridized carbons (Fsp3) is 0.0833. The molecule has 0 fully saturated rings. The molecular weight excluding hydrogens is 302 g/mol.